The number of ether oxygens (including phenoxy) is 2. The highest BCUT2D eigenvalue weighted by Gasteiger charge is 2.22. The van der Waals surface area contributed by atoms with Crippen molar-refractivity contribution in [1.29, 1.82) is 0 Å². The zero-order valence-corrected chi connectivity index (χ0v) is 37.3. The van der Waals surface area contributed by atoms with E-state index in [-0.39, 0.29) is 19.4 Å². The standard InChI is InChI=1S/C47H89O8P/c1-3-5-7-9-11-13-15-17-19-20-21-22-23-24-25-26-28-29-31-33-35-37-39-41-46(48)53-43-45(44-54-56(50,51)52)55-47(49)42-40-38-36-34-32-30-27-18-16-14-12-10-8-6-4-2/h4,33,35,45H,2-3,5-32,34,36-44H2,1H3,(H2,50,51,52)/b35-33+/t45-/m1/s1. The van der Waals surface area contributed by atoms with Crippen LogP contribution in [0.25, 0.3) is 0 Å². The number of rotatable bonds is 45. The molecule has 0 aromatic heterocycles. The molecule has 0 aliphatic rings. The molecule has 0 heterocycles. The summed E-state index contributed by atoms with van der Waals surface area (Å²) >= 11 is 0. The second-order valence-corrected chi connectivity index (χ2v) is 17.4. The van der Waals surface area contributed by atoms with Crippen molar-refractivity contribution >= 4 is 19.8 Å². The van der Waals surface area contributed by atoms with Gasteiger partial charge in [-0.15, -0.1) is 6.58 Å². The first-order chi connectivity index (χ1) is 27.3. The van der Waals surface area contributed by atoms with E-state index in [0.29, 0.717) is 12.8 Å². The molecule has 0 unspecified atom stereocenters. The minimum atomic E-state index is -4.76. The molecule has 0 aromatic rings. The second kappa shape index (κ2) is 43.1. The van der Waals surface area contributed by atoms with Crippen molar-refractivity contribution in [2.24, 2.45) is 0 Å². The molecule has 0 aliphatic carbocycles. The molecule has 330 valence electrons. The summed E-state index contributed by atoms with van der Waals surface area (Å²) in [5.74, 6) is -0.914. The van der Waals surface area contributed by atoms with Crippen molar-refractivity contribution < 1.29 is 37.9 Å². The molecule has 0 amide bonds. The van der Waals surface area contributed by atoms with Crippen molar-refractivity contribution in [2.45, 2.75) is 251 Å². The fourth-order valence-corrected chi connectivity index (χ4v) is 7.43. The molecule has 0 rings (SSSR count). The highest BCUT2D eigenvalue weighted by Crippen LogP contribution is 2.36. The lowest BCUT2D eigenvalue weighted by molar-refractivity contribution is -0.161. The second-order valence-electron chi connectivity index (χ2n) is 16.2. The first-order valence-corrected chi connectivity index (χ1v) is 25.1. The van der Waals surface area contributed by atoms with Gasteiger partial charge in [0.15, 0.2) is 6.10 Å². The first-order valence-electron chi connectivity index (χ1n) is 23.6. The normalized spacial score (nSPS) is 12.3. The summed E-state index contributed by atoms with van der Waals surface area (Å²) in [6.07, 6.45) is 49.6. The van der Waals surface area contributed by atoms with Crippen LogP contribution in [-0.4, -0.2) is 41.0 Å². The van der Waals surface area contributed by atoms with Crippen LogP contribution in [0.2, 0.25) is 0 Å². The Labute approximate surface area is 345 Å². The number of carbonyl (C=O) groups excluding carboxylic acids is 2. The Hall–Kier alpha value is -1.47. The molecule has 0 radical (unpaired) electrons. The molecule has 2 N–H and O–H groups in total. The Morgan fingerprint density at radius 2 is 0.857 bits per heavy atom. The van der Waals surface area contributed by atoms with E-state index in [9.17, 15) is 14.2 Å². The number of allylic oxidation sites excluding steroid dienone is 3. The van der Waals surface area contributed by atoms with E-state index in [2.05, 4.69) is 30.2 Å². The predicted octanol–water partition coefficient (Wildman–Crippen LogP) is 14.7. The largest absolute Gasteiger partial charge is 0.469 e. The summed E-state index contributed by atoms with van der Waals surface area (Å²) in [5.41, 5.74) is 0. The van der Waals surface area contributed by atoms with Gasteiger partial charge >= 0.3 is 19.8 Å². The van der Waals surface area contributed by atoms with Gasteiger partial charge in [0, 0.05) is 12.8 Å². The molecule has 56 heavy (non-hydrogen) atoms. The lowest BCUT2D eigenvalue weighted by Crippen LogP contribution is -2.29. The smallest absolute Gasteiger partial charge is 0.462 e. The molecule has 0 aromatic carbocycles. The van der Waals surface area contributed by atoms with Crippen LogP contribution in [0.5, 0.6) is 0 Å². The third-order valence-electron chi connectivity index (χ3n) is 10.6. The van der Waals surface area contributed by atoms with Crippen LogP contribution in [0.15, 0.2) is 24.8 Å². The Bertz CT molecular complexity index is 948. The van der Waals surface area contributed by atoms with Crippen LogP contribution in [-0.2, 0) is 28.2 Å². The molecule has 0 bridgehead atoms. The quantitative estimate of drug-likeness (QED) is 0.0270. The van der Waals surface area contributed by atoms with E-state index in [1.165, 1.54) is 173 Å². The van der Waals surface area contributed by atoms with E-state index in [0.717, 1.165) is 38.5 Å². The van der Waals surface area contributed by atoms with Crippen LogP contribution in [0, 0.1) is 0 Å². The van der Waals surface area contributed by atoms with E-state index < -0.39 is 32.5 Å². The van der Waals surface area contributed by atoms with Crippen LogP contribution in [0.1, 0.15) is 244 Å². The summed E-state index contributed by atoms with van der Waals surface area (Å²) in [6.45, 7) is 5.21. The van der Waals surface area contributed by atoms with Crippen LogP contribution >= 0.6 is 7.82 Å². The summed E-state index contributed by atoms with van der Waals surface area (Å²) in [7, 11) is -4.76. The third kappa shape index (κ3) is 45.2. The Balaban J connectivity index is 3.81. The lowest BCUT2D eigenvalue weighted by atomic mass is 10.0. The summed E-state index contributed by atoms with van der Waals surface area (Å²) in [5, 5.41) is 0. The van der Waals surface area contributed by atoms with Crippen molar-refractivity contribution in [3.05, 3.63) is 24.8 Å². The maximum absolute atomic E-state index is 12.4. The van der Waals surface area contributed by atoms with Gasteiger partial charge in [-0.1, -0.05) is 205 Å². The summed E-state index contributed by atoms with van der Waals surface area (Å²) < 4.78 is 26.4. The third-order valence-corrected chi connectivity index (χ3v) is 11.1. The Morgan fingerprint density at radius 1 is 0.500 bits per heavy atom. The van der Waals surface area contributed by atoms with Crippen molar-refractivity contribution in [2.75, 3.05) is 13.2 Å². The molecular weight excluding hydrogens is 723 g/mol. The molecule has 8 nitrogen and oxygen atoms in total. The highest BCUT2D eigenvalue weighted by atomic mass is 31.2. The number of hydrogen-bond acceptors (Lipinski definition) is 6. The number of hydrogen-bond donors (Lipinski definition) is 2. The highest BCUT2D eigenvalue weighted by molar-refractivity contribution is 7.46. The fourth-order valence-electron chi connectivity index (χ4n) is 7.07. The van der Waals surface area contributed by atoms with Gasteiger partial charge in [0.1, 0.15) is 6.61 Å². The minimum Gasteiger partial charge on any atom is -0.462 e. The number of phosphoric acid groups is 1. The predicted molar refractivity (Wildman–Crippen MR) is 235 cm³/mol. The van der Waals surface area contributed by atoms with Gasteiger partial charge in [-0.2, -0.15) is 0 Å². The van der Waals surface area contributed by atoms with Gasteiger partial charge in [0.2, 0.25) is 0 Å². The summed E-state index contributed by atoms with van der Waals surface area (Å²) in [6, 6.07) is 0. The fraction of sp³-hybridized carbons (Fsp3) is 0.872. The maximum Gasteiger partial charge on any atom is 0.469 e. The molecule has 0 saturated heterocycles. The van der Waals surface area contributed by atoms with Crippen LogP contribution in [0.4, 0.5) is 0 Å². The Morgan fingerprint density at radius 3 is 1.27 bits per heavy atom. The van der Waals surface area contributed by atoms with Gasteiger partial charge in [-0.25, -0.2) is 4.57 Å². The minimum absolute atomic E-state index is 0.207. The van der Waals surface area contributed by atoms with E-state index >= 15 is 0 Å². The molecule has 0 spiro atoms. The zero-order valence-electron chi connectivity index (χ0n) is 36.4. The monoisotopic (exact) mass is 813 g/mol. The first kappa shape index (κ1) is 54.5. The van der Waals surface area contributed by atoms with Crippen molar-refractivity contribution in [3.63, 3.8) is 0 Å². The maximum atomic E-state index is 12.4. The summed E-state index contributed by atoms with van der Waals surface area (Å²) in [4.78, 5) is 42.9. The van der Waals surface area contributed by atoms with Crippen LogP contribution in [0.3, 0.4) is 0 Å². The lowest BCUT2D eigenvalue weighted by Gasteiger charge is -2.18. The number of carbonyl (C=O) groups is 2. The molecular formula is C47H89O8P. The molecule has 0 fully saturated rings. The molecule has 1 atom stereocenters. The zero-order chi connectivity index (χ0) is 41.1. The average molecular weight is 813 g/mol. The SMILES string of the molecule is C=CCCCCCCCCCCCCCCCC(=O)O[C@H](COC(=O)CCC/C=C/CCCCCCCCCCCCCCCCCCCC)COP(=O)(O)O. The molecule has 0 aliphatic heterocycles. The molecule has 0 saturated carbocycles. The van der Waals surface area contributed by atoms with Gasteiger partial charge in [-0.3, -0.25) is 14.1 Å². The van der Waals surface area contributed by atoms with Gasteiger partial charge in [-0.05, 0) is 44.9 Å². The van der Waals surface area contributed by atoms with E-state index in [1.54, 1.807) is 0 Å². The van der Waals surface area contributed by atoms with Crippen molar-refractivity contribution in [1.82, 2.24) is 0 Å². The number of esters is 2. The number of phosphoric ester groups is 1. The van der Waals surface area contributed by atoms with Crippen molar-refractivity contribution in [3.8, 4) is 0 Å². The van der Waals surface area contributed by atoms with Gasteiger partial charge in [0.05, 0.1) is 6.61 Å². The number of unbranched alkanes of at least 4 members (excludes halogenated alkanes) is 32. The topological polar surface area (TPSA) is 119 Å². The Kier molecular flexibility index (Phi) is 42.0. The van der Waals surface area contributed by atoms with E-state index in [4.69, 9.17) is 19.3 Å². The van der Waals surface area contributed by atoms with E-state index in [1.807, 2.05) is 6.08 Å². The average Bonchev–Trinajstić information content (AvgIpc) is 3.17. The van der Waals surface area contributed by atoms with Gasteiger partial charge in [0.25, 0.3) is 0 Å². The molecule has 9 heteroatoms. The van der Waals surface area contributed by atoms with Crippen LogP contribution < -0.4 is 0 Å². The van der Waals surface area contributed by atoms with Gasteiger partial charge < -0.3 is 19.3 Å².